The Bertz CT molecular complexity index is 348. The fourth-order valence-electron chi connectivity index (χ4n) is 1.76. The summed E-state index contributed by atoms with van der Waals surface area (Å²) in [7, 11) is 0. The summed E-state index contributed by atoms with van der Waals surface area (Å²) in [6, 6.07) is 3.53. The zero-order valence-corrected chi connectivity index (χ0v) is 9.04. The van der Waals surface area contributed by atoms with E-state index in [0.717, 1.165) is 13.1 Å². The molecule has 86 valence electrons. The number of nitrogens with zero attached hydrogens (tertiary/aromatic N) is 3. The van der Waals surface area contributed by atoms with Gasteiger partial charge in [0.1, 0.15) is 0 Å². The third-order valence-electron chi connectivity index (χ3n) is 2.77. The molecule has 2 heterocycles. The first-order valence-corrected chi connectivity index (χ1v) is 5.34. The van der Waals surface area contributed by atoms with Gasteiger partial charge in [-0.3, -0.25) is 14.7 Å². The van der Waals surface area contributed by atoms with Gasteiger partial charge in [0.25, 0.3) is 5.91 Å². The smallest absolute Gasteiger partial charge is 0.255 e. The Morgan fingerprint density at radius 1 is 1.38 bits per heavy atom. The van der Waals surface area contributed by atoms with Crippen LogP contribution in [0.3, 0.4) is 0 Å². The highest BCUT2D eigenvalue weighted by molar-refractivity contribution is 5.93. The molecule has 1 fully saturated rings. The summed E-state index contributed by atoms with van der Waals surface area (Å²) in [5.41, 5.74) is 0.625. The molecule has 0 aliphatic carbocycles. The number of hydrogen-bond acceptors (Lipinski definition) is 4. The van der Waals surface area contributed by atoms with Crippen molar-refractivity contribution in [1.82, 2.24) is 14.8 Å². The number of piperazine rings is 1. The van der Waals surface area contributed by atoms with E-state index in [1.54, 1.807) is 29.4 Å². The van der Waals surface area contributed by atoms with Crippen LogP contribution in [-0.4, -0.2) is 58.7 Å². The fourth-order valence-corrected chi connectivity index (χ4v) is 1.76. The Labute approximate surface area is 94.3 Å². The lowest BCUT2D eigenvalue weighted by Gasteiger charge is -2.33. The molecular formula is C11H15N3O2. The molecule has 5 nitrogen and oxygen atoms in total. The van der Waals surface area contributed by atoms with Gasteiger partial charge in [0, 0.05) is 38.6 Å². The molecule has 0 unspecified atom stereocenters. The van der Waals surface area contributed by atoms with Gasteiger partial charge in [-0.05, 0) is 12.1 Å². The molecule has 1 N–H and O–H groups in total. The van der Waals surface area contributed by atoms with Crippen LogP contribution < -0.4 is 0 Å². The number of rotatable bonds is 2. The summed E-state index contributed by atoms with van der Waals surface area (Å²) in [4.78, 5) is 19.6. The van der Waals surface area contributed by atoms with E-state index < -0.39 is 0 Å². The first kappa shape index (κ1) is 11.0. The summed E-state index contributed by atoms with van der Waals surface area (Å²) in [5, 5.41) is 8.95. The minimum atomic E-state index is 0.0192. The number of aliphatic hydroxyl groups is 1. The van der Waals surface area contributed by atoms with E-state index in [1.165, 1.54) is 0 Å². The number of hydrogen-bond donors (Lipinski definition) is 1. The van der Waals surface area contributed by atoms with E-state index in [1.807, 2.05) is 4.90 Å². The molecule has 5 heteroatoms. The second kappa shape index (κ2) is 5.05. The minimum absolute atomic E-state index is 0.0192. The molecule has 0 aromatic carbocycles. The maximum Gasteiger partial charge on any atom is 0.255 e. The summed E-state index contributed by atoms with van der Waals surface area (Å²) in [6.07, 6.45) is 3.24. The second-order valence-corrected chi connectivity index (χ2v) is 3.79. The van der Waals surface area contributed by atoms with Gasteiger partial charge in [-0.2, -0.15) is 0 Å². The molecule has 2 rings (SSSR count). The number of aromatic nitrogens is 1. The average Bonchev–Trinajstić information content (AvgIpc) is 2.39. The molecular weight excluding hydrogens is 206 g/mol. The number of pyridine rings is 1. The molecule has 16 heavy (non-hydrogen) atoms. The molecule has 1 amide bonds. The molecule has 0 spiro atoms. The highest BCUT2D eigenvalue weighted by Gasteiger charge is 2.21. The molecule has 0 saturated carbocycles. The molecule has 1 aliphatic rings. The van der Waals surface area contributed by atoms with Crippen molar-refractivity contribution in [3.05, 3.63) is 30.1 Å². The lowest BCUT2D eigenvalue weighted by Crippen LogP contribution is -2.48. The van der Waals surface area contributed by atoms with E-state index in [9.17, 15) is 4.79 Å². The number of carbonyl (C=O) groups excluding carboxylic acids is 1. The van der Waals surface area contributed by atoms with Gasteiger partial charge in [-0.25, -0.2) is 0 Å². The van der Waals surface area contributed by atoms with E-state index >= 15 is 0 Å². The van der Waals surface area contributed by atoms with Crippen molar-refractivity contribution in [1.29, 1.82) is 0 Å². The van der Waals surface area contributed by atoms with Crippen LogP contribution in [0.2, 0.25) is 0 Å². The van der Waals surface area contributed by atoms with Crippen molar-refractivity contribution >= 4 is 5.91 Å². The van der Waals surface area contributed by atoms with Crippen LogP contribution in [0.4, 0.5) is 0 Å². The van der Waals surface area contributed by atoms with Gasteiger partial charge in [-0.15, -0.1) is 0 Å². The minimum Gasteiger partial charge on any atom is -0.381 e. The van der Waals surface area contributed by atoms with Gasteiger partial charge in [0.2, 0.25) is 0 Å². The first-order chi connectivity index (χ1) is 7.81. The Hall–Kier alpha value is -1.46. The Kier molecular flexibility index (Phi) is 3.48. The largest absolute Gasteiger partial charge is 0.381 e. The van der Waals surface area contributed by atoms with Crippen LogP contribution in [0.15, 0.2) is 24.5 Å². The van der Waals surface area contributed by atoms with E-state index in [2.05, 4.69) is 4.98 Å². The second-order valence-electron chi connectivity index (χ2n) is 3.79. The van der Waals surface area contributed by atoms with Crippen LogP contribution in [0.25, 0.3) is 0 Å². The molecule has 0 radical (unpaired) electrons. The van der Waals surface area contributed by atoms with E-state index in [4.69, 9.17) is 5.11 Å². The molecule has 1 aromatic rings. The van der Waals surface area contributed by atoms with Gasteiger partial charge < -0.3 is 10.0 Å². The van der Waals surface area contributed by atoms with Crippen molar-refractivity contribution in [2.24, 2.45) is 0 Å². The Balaban J connectivity index is 1.97. The quantitative estimate of drug-likeness (QED) is 0.750. The van der Waals surface area contributed by atoms with Gasteiger partial charge in [0.05, 0.1) is 12.3 Å². The third kappa shape index (κ3) is 2.37. The van der Waals surface area contributed by atoms with Gasteiger partial charge in [0.15, 0.2) is 0 Å². The van der Waals surface area contributed by atoms with Crippen LogP contribution in [-0.2, 0) is 0 Å². The fraction of sp³-hybridized carbons (Fsp3) is 0.455. The lowest BCUT2D eigenvalue weighted by molar-refractivity contribution is 0.0423. The first-order valence-electron chi connectivity index (χ1n) is 5.34. The topological polar surface area (TPSA) is 56.7 Å². The van der Waals surface area contributed by atoms with Crippen molar-refractivity contribution < 1.29 is 9.90 Å². The van der Waals surface area contributed by atoms with E-state index in [-0.39, 0.29) is 12.6 Å². The summed E-state index contributed by atoms with van der Waals surface area (Å²) in [6.45, 7) is 2.84. The zero-order valence-electron chi connectivity index (χ0n) is 9.04. The SMILES string of the molecule is O=C(c1cccnc1)N1CCN(CO)CC1. The van der Waals surface area contributed by atoms with Crippen molar-refractivity contribution in [2.75, 3.05) is 32.9 Å². The highest BCUT2D eigenvalue weighted by Crippen LogP contribution is 2.07. The summed E-state index contributed by atoms with van der Waals surface area (Å²) >= 11 is 0. The number of carbonyl (C=O) groups is 1. The Morgan fingerprint density at radius 2 is 2.12 bits per heavy atom. The summed E-state index contributed by atoms with van der Waals surface area (Å²) < 4.78 is 0. The molecule has 1 saturated heterocycles. The predicted octanol–water partition coefficient (Wildman–Crippen LogP) is -0.211. The average molecular weight is 221 g/mol. The van der Waals surface area contributed by atoms with Crippen molar-refractivity contribution in [3.63, 3.8) is 0 Å². The Morgan fingerprint density at radius 3 is 2.69 bits per heavy atom. The molecule has 0 atom stereocenters. The maximum atomic E-state index is 12.0. The lowest BCUT2D eigenvalue weighted by atomic mass is 10.2. The zero-order chi connectivity index (χ0) is 11.4. The van der Waals surface area contributed by atoms with Gasteiger partial charge >= 0.3 is 0 Å². The predicted molar refractivity (Wildman–Crippen MR) is 58.8 cm³/mol. The number of amides is 1. The van der Waals surface area contributed by atoms with Crippen molar-refractivity contribution in [2.45, 2.75) is 0 Å². The van der Waals surface area contributed by atoms with E-state index in [0.29, 0.717) is 18.7 Å². The van der Waals surface area contributed by atoms with Gasteiger partial charge in [-0.1, -0.05) is 0 Å². The monoisotopic (exact) mass is 221 g/mol. The standard InChI is InChI=1S/C11H15N3O2/c15-9-13-4-6-14(7-5-13)11(16)10-2-1-3-12-8-10/h1-3,8,15H,4-7,9H2. The number of aliphatic hydroxyl groups excluding tert-OH is 1. The third-order valence-corrected chi connectivity index (χ3v) is 2.77. The van der Waals surface area contributed by atoms with Crippen LogP contribution in [0.1, 0.15) is 10.4 Å². The summed E-state index contributed by atoms with van der Waals surface area (Å²) in [5.74, 6) is 0.0192. The maximum absolute atomic E-state index is 12.0. The van der Waals surface area contributed by atoms with Crippen LogP contribution in [0, 0.1) is 0 Å². The van der Waals surface area contributed by atoms with Crippen LogP contribution >= 0.6 is 0 Å². The normalized spacial score (nSPS) is 17.4. The molecule has 0 bridgehead atoms. The highest BCUT2D eigenvalue weighted by atomic mass is 16.3. The van der Waals surface area contributed by atoms with Crippen molar-refractivity contribution in [3.8, 4) is 0 Å². The molecule has 1 aliphatic heterocycles. The molecule has 1 aromatic heterocycles. The van der Waals surface area contributed by atoms with Crippen LogP contribution in [0.5, 0.6) is 0 Å².